The standard InChI is InChI=1S/C23H23F4N3O/c1-2-9-30(13-14-3-4-14)21-8-6-16(11-19(21)23(25,26)27)28-12-18-17-10-15(24)5-7-20(17)29-22(18)31/h5-8,10-12,14,28H,2-4,9,13H2,1H3,(H,29,31). The van der Waals surface area contributed by atoms with E-state index in [2.05, 4.69) is 10.6 Å². The van der Waals surface area contributed by atoms with E-state index in [9.17, 15) is 22.4 Å². The number of carbonyl (C=O) groups excluding carboxylic acids is 1. The van der Waals surface area contributed by atoms with E-state index in [4.69, 9.17) is 0 Å². The molecule has 4 nitrogen and oxygen atoms in total. The summed E-state index contributed by atoms with van der Waals surface area (Å²) in [7, 11) is 0. The van der Waals surface area contributed by atoms with E-state index in [1.54, 1.807) is 6.07 Å². The molecule has 0 atom stereocenters. The number of amides is 1. The third-order valence-electron chi connectivity index (χ3n) is 5.46. The second kappa shape index (κ2) is 8.24. The second-order valence-electron chi connectivity index (χ2n) is 7.97. The highest BCUT2D eigenvalue weighted by atomic mass is 19.4. The number of benzene rings is 2. The maximum absolute atomic E-state index is 13.9. The highest BCUT2D eigenvalue weighted by Gasteiger charge is 2.36. The first-order valence-electron chi connectivity index (χ1n) is 10.3. The summed E-state index contributed by atoms with van der Waals surface area (Å²) in [5, 5.41) is 5.39. The molecule has 2 N–H and O–H groups in total. The second-order valence-corrected chi connectivity index (χ2v) is 7.97. The van der Waals surface area contributed by atoms with Gasteiger partial charge in [0.1, 0.15) is 5.82 Å². The van der Waals surface area contributed by atoms with Gasteiger partial charge in [0.25, 0.3) is 5.91 Å². The number of carbonyl (C=O) groups is 1. The topological polar surface area (TPSA) is 44.4 Å². The molecular formula is C23H23F4N3O. The number of nitrogens with one attached hydrogen (secondary N) is 2. The zero-order chi connectivity index (χ0) is 22.2. The molecule has 2 aromatic rings. The Morgan fingerprint density at radius 3 is 2.65 bits per heavy atom. The third kappa shape index (κ3) is 4.68. The molecule has 1 aliphatic heterocycles. The lowest BCUT2D eigenvalue weighted by atomic mass is 10.1. The molecule has 0 radical (unpaired) electrons. The van der Waals surface area contributed by atoms with Gasteiger partial charge in [-0.15, -0.1) is 0 Å². The maximum Gasteiger partial charge on any atom is 0.418 e. The van der Waals surface area contributed by atoms with Gasteiger partial charge in [0.15, 0.2) is 0 Å². The van der Waals surface area contributed by atoms with Crippen molar-refractivity contribution in [3.63, 3.8) is 0 Å². The van der Waals surface area contributed by atoms with Crippen LogP contribution in [0.25, 0.3) is 5.57 Å². The molecule has 8 heteroatoms. The zero-order valence-corrected chi connectivity index (χ0v) is 17.0. The summed E-state index contributed by atoms with van der Waals surface area (Å²) in [5.41, 5.74) is 0.639. The minimum Gasteiger partial charge on any atom is -0.371 e. The van der Waals surface area contributed by atoms with E-state index >= 15 is 0 Å². The van der Waals surface area contributed by atoms with Gasteiger partial charge in [0.05, 0.1) is 11.1 Å². The van der Waals surface area contributed by atoms with Crippen LogP contribution in [0.4, 0.5) is 34.6 Å². The summed E-state index contributed by atoms with van der Waals surface area (Å²) in [6.45, 7) is 3.12. The number of anilines is 3. The van der Waals surface area contributed by atoms with Crippen molar-refractivity contribution in [3.8, 4) is 0 Å². The summed E-state index contributed by atoms with van der Waals surface area (Å²) >= 11 is 0. The Morgan fingerprint density at radius 2 is 1.97 bits per heavy atom. The minimum absolute atomic E-state index is 0.161. The van der Waals surface area contributed by atoms with Crippen LogP contribution in [-0.4, -0.2) is 19.0 Å². The molecule has 1 fully saturated rings. The fourth-order valence-electron chi connectivity index (χ4n) is 3.78. The molecule has 0 unspecified atom stereocenters. The first-order chi connectivity index (χ1) is 14.8. The van der Waals surface area contributed by atoms with Crippen molar-refractivity contribution in [2.24, 2.45) is 5.92 Å². The van der Waals surface area contributed by atoms with Crippen molar-refractivity contribution in [1.29, 1.82) is 0 Å². The summed E-state index contributed by atoms with van der Waals surface area (Å²) in [6, 6.07) is 7.99. The minimum atomic E-state index is -4.52. The van der Waals surface area contributed by atoms with Gasteiger partial charge in [0, 0.05) is 41.9 Å². The van der Waals surface area contributed by atoms with Crippen molar-refractivity contribution in [1.82, 2.24) is 0 Å². The molecule has 0 bridgehead atoms. The molecule has 1 heterocycles. The lowest BCUT2D eigenvalue weighted by molar-refractivity contribution is -0.137. The Balaban J connectivity index is 1.63. The maximum atomic E-state index is 13.9. The number of hydrogen-bond donors (Lipinski definition) is 2. The third-order valence-corrected chi connectivity index (χ3v) is 5.46. The van der Waals surface area contributed by atoms with Crippen LogP contribution < -0.4 is 15.5 Å². The van der Waals surface area contributed by atoms with Crippen LogP contribution in [0.1, 0.15) is 37.3 Å². The molecular weight excluding hydrogens is 410 g/mol. The van der Waals surface area contributed by atoms with E-state index in [1.165, 1.54) is 30.5 Å². The van der Waals surface area contributed by atoms with Crippen molar-refractivity contribution in [2.45, 2.75) is 32.4 Å². The van der Waals surface area contributed by atoms with Crippen molar-refractivity contribution in [2.75, 3.05) is 28.6 Å². The molecule has 0 saturated heterocycles. The molecule has 4 rings (SSSR count). The van der Waals surface area contributed by atoms with E-state index in [0.29, 0.717) is 30.3 Å². The fraction of sp³-hybridized carbons (Fsp3) is 0.348. The largest absolute Gasteiger partial charge is 0.418 e. The number of fused-ring (bicyclic) bond motifs is 1. The van der Waals surface area contributed by atoms with E-state index in [-0.39, 0.29) is 16.9 Å². The van der Waals surface area contributed by atoms with E-state index < -0.39 is 23.5 Å². The first-order valence-corrected chi connectivity index (χ1v) is 10.3. The highest BCUT2D eigenvalue weighted by molar-refractivity contribution is 6.31. The van der Waals surface area contributed by atoms with Crippen molar-refractivity contribution >= 4 is 28.5 Å². The summed E-state index contributed by atoms with van der Waals surface area (Å²) in [4.78, 5) is 14.0. The van der Waals surface area contributed by atoms with Crippen LogP contribution in [0, 0.1) is 11.7 Å². The monoisotopic (exact) mass is 433 g/mol. The Bertz CT molecular complexity index is 1030. The molecule has 1 saturated carbocycles. The van der Waals surface area contributed by atoms with Crippen molar-refractivity contribution in [3.05, 3.63) is 59.5 Å². The lowest BCUT2D eigenvalue weighted by Crippen LogP contribution is -2.29. The molecule has 1 aliphatic carbocycles. The molecule has 0 aromatic heterocycles. The number of halogens is 4. The van der Waals surface area contributed by atoms with Gasteiger partial charge in [-0.3, -0.25) is 4.79 Å². The quantitative estimate of drug-likeness (QED) is 0.424. The van der Waals surface area contributed by atoms with Gasteiger partial charge in [-0.25, -0.2) is 4.39 Å². The van der Waals surface area contributed by atoms with Crippen LogP contribution in [0.3, 0.4) is 0 Å². The van der Waals surface area contributed by atoms with Crippen LogP contribution >= 0.6 is 0 Å². The molecule has 2 aliphatic rings. The van der Waals surface area contributed by atoms with Gasteiger partial charge < -0.3 is 15.5 Å². The molecule has 2 aromatic carbocycles. The lowest BCUT2D eigenvalue weighted by Gasteiger charge is -2.28. The first kappa shape index (κ1) is 21.2. The van der Waals surface area contributed by atoms with Gasteiger partial charge in [-0.05, 0) is 61.6 Å². The Kier molecular flexibility index (Phi) is 5.64. The summed E-state index contributed by atoms with van der Waals surface area (Å²) in [6.07, 6.45) is -0.348. The average molecular weight is 433 g/mol. The normalized spacial score (nSPS) is 16.9. The Hall–Kier alpha value is -3.03. The van der Waals surface area contributed by atoms with Crippen molar-refractivity contribution < 1.29 is 22.4 Å². The molecule has 0 spiro atoms. The Morgan fingerprint density at radius 1 is 1.19 bits per heavy atom. The van der Waals surface area contributed by atoms with Gasteiger partial charge in [-0.2, -0.15) is 13.2 Å². The number of hydrogen-bond acceptors (Lipinski definition) is 3. The van der Waals surface area contributed by atoms with E-state index in [0.717, 1.165) is 25.3 Å². The number of nitrogens with zero attached hydrogens (tertiary/aromatic N) is 1. The Labute approximate surface area is 177 Å². The van der Waals surface area contributed by atoms with Crippen LogP contribution in [0.2, 0.25) is 0 Å². The average Bonchev–Trinajstić information content (AvgIpc) is 3.47. The van der Waals surface area contributed by atoms with Gasteiger partial charge in [-0.1, -0.05) is 6.92 Å². The summed E-state index contributed by atoms with van der Waals surface area (Å²) < 4.78 is 55.1. The summed E-state index contributed by atoms with van der Waals surface area (Å²) in [5.74, 6) is -0.493. The molecule has 164 valence electrons. The van der Waals surface area contributed by atoms with Crippen LogP contribution in [-0.2, 0) is 11.0 Å². The fourth-order valence-corrected chi connectivity index (χ4v) is 3.78. The predicted molar refractivity (Wildman–Crippen MR) is 113 cm³/mol. The SMILES string of the molecule is CCCN(CC1CC1)c1ccc(NC=C2C(=O)Nc3ccc(F)cc32)cc1C(F)(F)F. The number of rotatable bonds is 7. The van der Waals surface area contributed by atoms with Gasteiger partial charge in [0.2, 0.25) is 0 Å². The molecule has 31 heavy (non-hydrogen) atoms. The predicted octanol–water partition coefficient (Wildman–Crippen LogP) is 5.88. The highest BCUT2D eigenvalue weighted by Crippen LogP contribution is 2.40. The molecule has 1 amide bonds. The van der Waals surface area contributed by atoms with E-state index in [1.807, 2.05) is 11.8 Å². The smallest absolute Gasteiger partial charge is 0.371 e. The van der Waals surface area contributed by atoms with Crippen LogP contribution in [0.5, 0.6) is 0 Å². The van der Waals surface area contributed by atoms with Gasteiger partial charge >= 0.3 is 6.18 Å². The zero-order valence-electron chi connectivity index (χ0n) is 17.0. The van der Waals surface area contributed by atoms with Crippen LogP contribution in [0.15, 0.2) is 42.6 Å². The number of alkyl halides is 3.